The fourth-order valence-electron chi connectivity index (χ4n) is 2.50. The highest BCUT2D eigenvalue weighted by atomic mass is 32.2. The summed E-state index contributed by atoms with van der Waals surface area (Å²) >= 11 is 0. The second-order valence-corrected chi connectivity index (χ2v) is 7.96. The van der Waals surface area contributed by atoms with Gasteiger partial charge in [0.2, 0.25) is 9.84 Å². The molecule has 0 atom stereocenters. The Kier molecular flexibility index (Phi) is 5.43. The smallest absolute Gasteiger partial charge is 0.322 e. The van der Waals surface area contributed by atoms with E-state index < -0.39 is 38.2 Å². The molecule has 0 aliphatic heterocycles. The van der Waals surface area contributed by atoms with E-state index in [1.54, 1.807) is 0 Å². The molecule has 1 N–H and O–H groups in total. The van der Waals surface area contributed by atoms with Crippen LogP contribution in [0.2, 0.25) is 0 Å². The van der Waals surface area contributed by atoms with E-state index in [-0.39, 0.29) is 16.1 Å². The molecule has 3 aromatic rings. The topological polar surface area (TPSA) is 63.2 Å². The lowest BCUT2D eigenvalue weighted by atomic mass is 10.2. The zero-order chi connectivity index (χ0) is 21.2. The number of hydrogen-bond acceptors (Lipinski definition) is 3. The Morgan fingerprint density at radius 1 is 0.828 bits per heavy atom. The van der Waals surface area contributed by atoms with Crippen molar-refractivity contribution in [2.45, 2.75) is 16.0 Å². The first-order valence-electron chi connectivity index (χ1n) is 8.17. The number of anilines is 1. The van der Waals surface area contributed by atoms with Gasteiger partial charge in [-0.3, -0.25) is 4.79 Å². The van der Waals surface area contributed by atoms with Crippen LogP contribution in [0.3, 0.4) is 0 Å². The summed E-state index contributed by atoms with van der Waals surface area (Å²) in [6.07, 6.45) is -4.67. The molecule has 0 fully saturated rings. The number of halogens is 4. The van der Waals surface area contributed by atoms with Crippen molar-refractivity contribution in [1.82, 2.24) is 0 Å². The Morgan fingerprint density at radius 3 is 2.03 bits per heavy atom. The van der Waals surface area contributed by atoms with E-state index >= 15 is 0 Å². The zero-order valence-electron chi connectivity index (χ0n) is 14.6. The highest BCUT2D eigenvalue weighted by molar-refractivity contribution is 7.91. The Labute approximate surface area is 163 Å². The number of rotatable bonds is 4. The predicted molar refractivity (Wildman–Crippen MR) is 97.7 cm³/mol. The summed E-state index contributed by atoms with van der Waals surface area (Å²) in [5.41, 5.74) is -0.601. The van der Waals surface area contributed by atoms with Crippen molar-refractivity contribution in [3.8, 4) is 0 Å². The molecule has 150 valence electrons. The number of alkyl halides is 3. The first kappa shape index (κ1) is 20.5. The number of benzene rings is 3. The summed E-state index contributed by atoms with van der Waals surface area (Å²) in [6, 6.07) is 13.2. The van der Waals surface area contributed by atoms with E-state index in [1.165, 1.54) is 36.4 Å². The maximum Gasteiger partial charge on any atom is 0.416 e. The summed E-state index contributed by atoms with van der Waals surface area (Å²) in [7, 11) is -4.18. The molecule has 0 aliphatic carbocycles. The zero-order valence-corrected chi connectivity index (χ0v) is 15.4. The van der Waals surface area contributed by atoms with Gasteiger partial charge in [-0.15, -0.1) is 0 Å². The van der Waals surface area contributed by atoms with Crippen LogP contribution in [-0.4, -0.2) is 14.3 Å². The molecule has 0 spiro atoms. The molecular formula is C20H13F4NO3S. The minimum Gasteiger partial charge on any atom is -0.322 e. The van der Waals surface area contributed by atoms with Gasteiger partial charge in [-0.1, -0.05) is 6.07 Å². The Bertz CT molecular complexity index is 1140. The van der Waals surface area contributed by atoms with Crippen molar-refractivity contribution < 1.29 is 30.8 Å². The van der Waals surface area contributed by atoms with Gasteiger partial charge in [0.05, 0.1) is 15.4 Å². The monoisotopic (exact) mass is 423 g/mol. The molecule has 0 aromatic heterocycles. The summed E-state index contributed by atoms with van der Waals surface area (Å²) in [6.45, 7) is 0. The van der Waals surface area contributed by atoms with Crippen LogP contribution in [0.1, 0.15) is 15.9 Å². The van der Waals surface area contributed by atoms with Gasteiger partial charge in [-0.25, -0.2) is 12.8 Å². The number of carbonyl (C=O) groups excluding carboxylic acids is 1. The van der Waals surface area contributed by atoms with Crippen molar-refractivity contribution in [2.75, 3.05) is 5.32 Å². The van der Waals surface area contributed by atoms with Crippen LogP contribution >= 0.6 is 0 Å². The Morgan fingerprint density at radius 2 is 1.45 bits per heavy atom. The van der Waals surface area contributed by atoms with E-state index in [9.17, 15) is 30.8 Å². The van der Waals surface area contributed by atoms with E-state index in [0.717, 1.165) is 30.3 Å². The highest BCUT2D eigenvalue weighted by Gasteiger charge is 2.32. The second kappa shape index (κ2) is 7.67. The Hall–Kier alpha value is -3.20. The minimum atomic E-state index is -4.67. The molecular weight excluding hydrogens is 410 g/mol. The molecule has 0 saturated carbocycles. The summed E-state index contributed by atoms with van der Waals surface area (Å²) in [4.78, 5) is 11.4. The van der Waals surface area contributed by atoms with Gasteiger partial charge < -0.3 is 5.32 Å². The molecule has 0 saturated heterocycles. The van der Waals surface area contributed by atoms with Crippen molar-refractivity contribution in [3.05, 3.63) is 89.7 Å². The number of sulfone groups is 1. The molecule has 3 aromatic carbocycles. The lowest BCUT2D eigenvalue weighted by Gasteiger charge is -2.10. The van der Waals surface area contributed by atoms with Gasteiger partial charge in [-0.2, -0.15) is 13.2 Å². The summed E-state index contributed by atoms with van der Waals surface area (Å²) in [5.74, 6) is -1.02. The van der Waals surface area contributed by atoms with Gasteiger partial charge in [0.25, 0.3) is 5.91 Å². The average molecular weight is 423 g/mol. The largest absolute Gasteiger partial charge is 0.416 e. The maximum absolute atomic E-state index is 12.9. The van der Waals surface area contributed by atoms with Crippen LogP contribution in [-0.2, 0) is 16.0 Å². The minimum absolute atomic E-state index is 0.201. The summed E-state index contributed by atoms with van der Waals surface area (Å²) in [5, 5.41) is 2.52. The first-order valence-corrected chi connectivity index (χ1v) is 9.65. The van der Waals surface area contributed by atoms with Crippen LogP contribution in [0.25, 0.3) is 0 Å². The molecule has 0 unspecified atom stereocenters. The van der Waals surface area contributed by atoms with E-state index in [2.05, 4.69) is 5.32 Å². The highest BCUT2D eigenvalue weighted by Crippen LogP contribution is 2.32. The quantitative estimate of drug-likeness (QED) is 0.606. The molecule has 0 aliphatic rings. The molecule has 1 amide bonds. The van der Waals surface area contributed by atoms with Crippen molar-refractivity contribution in [2.24, 2.45) is 0 Å². The number of nitrogens with one attached hydrogen (secondary N) is 1. The second-order valence-electron chi connectivity index (χ2n) is 6.01. The normalized spacial score (nSPS) is 11.9. The lowest BCUT2D eigenvalue weighted by molar-refractivity contribution is -0.137. The van der Waals surface area contributed by atoms with Crippen LogP contribution in [0.15, 0.2) is 82.6 Å². The predicted octanol–water partition coefficient (Wildman–Crippen LogP) is 4.93. The number of amides is 1. The number of hydrogen-bond donors (Lipinski definition) is 1. The van der Waals surface area contributed by atoms with Crippen molar-refractivity contribution in [3.63, 3.8) is 0 Å². The van der Waals surface area contributed by atoms with Gasteiger partial charge in [-0.05, 0) is 66.7 Å². The molecule has 9 heteroatoms. The molecule has 0 bridgehead atoms. The maximum atomic E-state index is 12.9. The molecule has 0 radical (unpaired) electrons. The van der Waals surface area contributed by atoms with Crippen LogP contribution < -0.4 is 5.32 Å². The van der Waals surface area contributed by atoms with Gasteiger partial charge in [0.1, 0.15) is 5.82 Å². The fraction of sp³-hybridized carbons (Fsp3) is 0.0500. The standard InChI is InChI=1S/C20H13F4NO3S/c21-15-6-4-13(5-7-15)19(26)25-16-8-10-17(11-9-16)29(27,28)18-3-1-2-14(12-18)20(22,23)24/h1-12H,(H,25,26). The third-order valence-corrected chi connectivity index (χ3v) is 5.77. The van der Waals surface area contributed by atoms with E-state index in [0.29, 0.717) is 6.07 Å². The molecule has 4 nitrogen and oxygen atoms in total. The van der Waals surface area contributed by atoms with Gasteiger partial charge >= 0.3 is 6.18 Å². The SMILES string of the molecule is O=C(Nc1ccc(S(=O)(=O)c2cccc(C(F)(F)F)c2)cc1)c1ccc(F)cc1. The van der Waals surface area contributed by atoms with Crippen LogP contribution in [0, 0.1) is 5.82 Å². The van der Waals surface area contributed by atoms with Crippen molar-refractivity contribution in [1.29, 1.82) is 0 Å². The first-order chi connectivity index (χ1) is 13.6. The summed E-state index contributed by atoms with van der Waals surface area (Å²) < 4.78 is 76.6. The van der Waals surface area contributed by atoms with E-state index in [1.807, 2.05) is 0 Å². The third-order valence-electron chi connectivity index (χ3n) is 4.00. The number of carbonyl (C=O) groups is 1. The molecule has 29 heavy (non-hydrogen) atoms. The van der Waals surface area contributed by atoms with Gasteiger partial charge in [0, 0.05) is 11.3 Å². The molecule has 0 heterocycles. The van der Waals surface area contributed by atoms with E-state index in [4.69, 9.17) is 0 Å². The fourth-order valence-corrected chi connectivity index (χ4v) is 3.80. The van der Waals surface area contributed by atoms with Crippen LogP contribution in [0.5, 0.6) is 0 Å². The van der Waals surface area contributed by atoms with Crippen molar-refractivity contribution >= 4 is 21.4 Å². The Balaban J connectivity index is 1.82. The van der Waals surface area contributed by atoms with Crippen LogP contribution in [0.4, 0.5) is 23.2 Å². The molecule has 3 rings (SSSR count). The third kappa shape index (κ3) is 4.62. The lowest BCUT2D eigenvalue weighted by Crippen LogP contribution is -2.12. The average Bonchev–Trinajstić information content (AvgIpc) is 2.68. The van der Waals surface area contributed by atoms with Gasteiger partial charge in [0.15, 0.2) is 0 Å².